The summed E-state index contributed by atoms with van der Waals surface area (Å²) in [4.78, 5) is 24.1. The minimum Gasteiger partial charge on any atom is -0.468 e. The Morgan fingerprint density at radius 3 is 2.30 bits per heavy atom. The zero-order valence-corrected chi connectivity index (χ0v) is 12.3. The molecule has 0 N–H and O–H groups in total. The third-order valence-corrected chi connectivity index (χ3v) is 3.76. The van der Waals surface area contributed by atoms with Crippen LogP contribution in [0.4, 0.5) is 0 Å². The fourth-order valence-electron chi connectivity index (χ4n) is 2.60. The fourth-order valence-corrected chi connectivity index (χ4v) is 2.60. The highest BCUT2D eigenvalue weighted by molar-refractivity contribution is 6.00. The van der Waals surface area contributed by atoms with Crippen LogP contribution in [0.15, 0.2) is 0 Å². The highest BCUT2D eigenvalue weighted by Crippen LogP contribution is 2.45. The molecule has 2 atom stereocenters. The first kappa shape index (κ1) is 16.5. The zero-order valence-electron chi connectivity index (χ0n) is 12.3. The maximum atomic E-state index is 12.0. The van der Waals surface area contributed by atoms with Crippen LogP contribution >= 0.6 is 0 Å². The van der Waals surface area contributed by atoms with Crippen LogP contribution in [-0.2, 0) is 23.8 Å². The van der Waals surface area contributed by atoms with Crippen LogP contribution in [0.1, 0.15) is 32.6 Å². The molecule has 0 aromatic heterocycles. The number of ether oxygens (including phenoxy) is 3. The van der Waals surface area contributed by atoms with Gasteiger partial charge in [0.1, 0.15) is 0 Å². The van der Waals surface area contributed by atoms with Gasteiger partial charge >= 0.3 is 11.9 Å². The summed E-state index contributed by atoms with van der Waals surface area (Å²) in [5.41, 5.74) is -1.34. The molecule has 0 spiro atoms. The molecule has 2 unspecified atom stereocenters. The lowest BCUT2D eigenvalue weighted by molar-refractivity contribution is -0.169. The monoisotopic (exact) mass is 282 g/mol. The molecule has 0 aromatic rings. The standard InChI is InChI=1S/C15H22O5/c1-5-7-8-20-12-10-15(13(16)18-3,14(17)19-4)9-11(12)6-2/h2,11-12H,5,7-10H2,1,3-4H3. The maximum absolute atomic E-state index is 12.0. The van der Waals surface area contributed by atoms with Gasteiger partial charge in [0.2, 0.25) is 0 Å². The van der Waals surface area contributed by atoms with E-state index in [9.17, 15) is 9.59 Å². The molecule has 1 rings (SSSR count). The summed E-state index contributed by atoms with van der Waals surface area (Å²) in [5.74, 6) is 1.12. The van der Waals surface area contributed by atoms with Crippen LogP contribution < -0.4 is 0 Å². The molecule has 0 aliphatic heterocycles. The summed E-state index contributed by atoms with van der Waals surface area (Å²) in [6.07, 6.45) is 7.53. The summed E-state index contributed by atoms with van der Waals surface area (Å²) >= 11 is 0. The highest BCUT2D eigenvalue weighted by Gasteiger charge is 2.57. The van der Waals surface area contributed by atoms with Gasteiger partial charge in [-0.1, -0.05) is 13.3 Å². The van der Waals surface area contributed by atoms with Gasteiger partial charge in [-0.25, -0.2) is 0 Å². The van der Waals surface area contributed by atoms with Crippen molar-refractivity contribution < 1.29 is 23.8 Å². The predicted octanol–water partition coefficient (Wildman–Crippen LogP) is 1.55. The van der Waals surface area contributed by atoms with Crippen molar-refractivity contribution in [3.8, 4) is 12.3 Å². The smallest absolute Gasteiger partial charge is 0.323 e. The second kappa shape index (κ2) is 7.30. The number of hydrogen-bond donors (Lipinski definition) is 0. The number of carbonyl (C=O) groups is 2. The van der Waals surface area contributed by atoms with E-state index in [1.807, 2.05) is 0 Å². The van der Waals surface area contributed by atoms with E-state index in [-0.39, 0.29) is 24.9 Å². The Hall–Kier alpha value is -1.54. The minimum absolute atomic E-state index is 0.208. The fraction of sp³-hybridized carbons (Fsp3) is 0.733. The Kier molecular flexibility index (Phi) is 6.03. The maximum Gasteiger partial charge on any atom is 0.323 e. The van der Waals surface area contributed by atoms with Crippen LogP contribution in [0, 0.1) is 23.7 Å². The van der Waals surface area contributed by atoms with E-state index in [1.165, 1.54) is 14.2 Å². The zero-order chi connectivity index (χ0) is 15.2. The number of rotatable bonds is 6. The normalized spacial score (nSPS) is 23.9. The summed E-state index contributed by atoms with van der Waals surface area (Å²) in [6, 6.07) is 0. The van der Waals surface area contributed by atoms with E-state index in [2.05, 4.69) is 12.8 Å². The van der Waals surface area contributed by atoms with E-state index in [0.717, 1.165) is 12.8 Å². The van der Waals surface area contributed by atoms with Gasteiger partial charge in [-0.3, -0.25) is 9.59 Å². The van der Waals surface area contributed by atoms with Gasteiger partial charge in [-0.05, 0) is 12.8 Å². The van der Waals surface area contributed by atoms with Gasteiger partial charge < -0.3 is 14.2 Å². The van der Waals surface area contributed by atoms with Crippen molar-refractivity contribution >= 4 is 11.9 Å². The molecule has 0 amide bonds. The molecule has 20 heavy (non-hydrogen) atoms. The van der Waals surface area contributed by atoms with Gasteiger partial charge in [-0.2, -0.15) is 0 Å². The minimum atomic E-state index is -1.34. The summed E-state index contributed by atoms with van der Waals surface area (Å²) in [6.45, 7) is 2.63. The number of unbranched alkanes of at least 4 members (excludes halogenated alkanes) is 1. The van der Waals surface area contributed by atoms with E-state index >= 15 is 0 Å². The Balaban J connectivity index is 2.91. The summed E-state index contributed by atoms with van der Waals surface area (Å²) in [5, 5.41) is 0. The first-order chi connectivity index (χ1) is 9.55. The average molecular weight is 282 g/mol. The van der Waals surface area contributed by atoms with Gasteiger partial charge in [0.25, 0.3) is 0 Å². The molecule has 1 aliphatic rings. The molecule has 112 valence electrons. The molecule has 0 bridgehead atoms. The van der Waals surface area contributed by atoms with Crippen molar-refractivity contribution in [1.82, 2.24) is 0 Å². The molecule has 0 radical (unpaired) electrons. The van der Waals surface area contributed by atoms with Gasteiger partial charge in [-0.15, -0.1) is 12.3 Å². The number of methoxy groups -OCH3 is 2. The molecule has 5 nitrogen and oxygen atoms in total. The van der Waals surface area contributed by atoms with Crippen LogP contribution in [0.3, 0.4) is 0 Å². The molecular formula is C15H22O5. The third kappa shape index (κ3) is 3.13. The first-order valence-electron chi connectivity index (χ1n) is 6.80. The largest absolute Gasteiger partial charge is 0.468 e. The summed E-state index contributed by atoms with van der Waals surface area (Å²) < 4.78 is 15.3. The molecule has 0 heterocycles. The van der Waals surface area contributed by atoms with E-state index in [1.54, 1.807) is 0 Å². The Morgan fingerprint density at radius 2 is 1.85 bits per heavy atom. The molecular weight excluding hydrogens is 260 g/mol. The highest BCUT2D eigenvalue weighted by atomic mass is 16.5. The first-order valence-corrected chi connectivity index (χ1v) is 6.80. The summed E-state index contributed by atoms with van der Waals surface area (Å²) in [7, 11) is 2.51. The average Bonchev–Trinajstić information content (AvgIpc) is 2.86. The lowest BCUT2D eigenvalue weighted by atomic mass is 9.85. The molecule has 1 aliphatic carbocycles. The number of terminal acetylenes is 1. The van der Waals surface area contributed by atoms with Crippen LogP contribution in [-0.4, -0.2) is 38.9 Å². The predicted molar refractivity (Wildman–Crippen MR) is 72.7 cm³/mol. The lowest BCUT2D eigenvalue weighted by Crippen LogP contribution is -2.39. The van der Waals surface area contributed by atoms with Crippen molar-refractivity contribution in [2.75, 3.05) is 20.8 Å². The third-order valence-electron chi connectivity index (χ3n) is 3.76. The second-order valence-electron chi connectivity index (χ2n) is 5.01. The van der Waals surface area contributed by atoms with Crippen molar-refractivity contribution in [2.24, 2.45) is 11.3 Å². The van der Waals surface area contributed by atoms with Crippen LogP contribution in [0.2, 0.25) is 0 Å². The Morgan fingerprint density at radius 1 is 1.25 bits per heavy atom. The molecule has 1 fully saturated rings. The Bertz CT molecular complexity index is 380. The Labute approximate surface area is 120 Å². The second-order valence-corrected chi connectivity index (χ2v) is 5.01. The number of esters is 2. The lowest BCUT2D eigenvalue weighted by Gasteiger charge is -2.22. The molecule has 1 saturated carbocycles. The van der Waals surface area contributed by atoms with Gasteiger partial charge in [0.15, 0.2) is 5.41 Å². The topological polar surface area (TPSA) is 61.8 Å². The van der Waals surface area contributed by atoms with Crippen LogP contribution in [0.25, 0.3) is 0 Å². The van der Waals surface area contributed by atoms with E-state index < -0.39 is 17.4 Å². The van der Waals surface area contributed by atoms with Crippen LogP contribution in [0.5, 0.6) is 0 Å². The van der Waals surface area contributed by atoms with Crippen molar-refractivity contribution in [3.63, 3.8) is 0 Å². The number of hydrogen-bond acceptors (Lipinski definition) is 5. The SMILES string of the molecule is C#CC1CC(C(=O)OC)(C(=O)OC)CC1OCCCC. The molecule has 0 saturated heterocycles. The van der Waals surface area contributed by atoms with Gasteiger partial charge in [0.05, 0.1) is 20.3 Å². The molecule has 0 aromatic carbocycles. The quantitative estimate of drug-likeness (QED) is 0.320. The van der Waals surface area contributed by atoms with E-state index in [0.29, 0.717) is 6.61 Å². The number of carbonyl (C=O) groups excluding carboxylic acids is 2. The van der Waals surface area contributed by atoms with Crippen molar-refractivity contribution in [1.29, 1.82) is 0 Å². The molecule has 5 heteroatoms. The van der Waals surface area contributed by atoms with Gasteiger partial charge in [0, 0.05) is 18.9 Å². The van der Waals surface area contributed by atoms with Crippen molar-refractivity contribution in [3.05, 3.63) is 0 Å². The van der Waals surface area contributed by atoms with E-state index in [4.69, 9.17) is 20.6 Å². The van der Waals surface area contributed by atoms with Crippen molar-refractivity contribution in [2.45, 2.75) is 38.7 Å².